The third kappa shape index (κ3) is 185. The lowest BCUT2D eigenvalue weighted by atomic mass is 10.2. The lowest BCUT2D eigenvalue weighted by Gasteiger charge is -1.86. The molecule has 0 spiro atoms. The smallest absolute Gasteiger partial charge is 0.0473 e. The van der Waals surface area contributed by atoms with Crippen molar-refractivity contribution < 1.29 is 0 Å². The zero-order valence-electron chi connectivity index (χ0n) is 10.3. The monoisotopic (exact) mass is 184 g/mol. The lowest BCUT2D eigenvalue weighted by molar-refractivity contribution is 0.702. The van der Waals surface area contributed by atoms with Gasteiger partial charge in [-0.1, -0.05) is 59.5 Å². The van der Waals surface area contributed by atoms with Crippen molar-refractivity contribution in [3.05, 3.63) is 12.7 Å². The van der Waals surface area contributed by atoms with Crippen molar-refractivity contribution in [1.29, 1.82) is 0 Å². The molecule has 0 aliphatic carbocycles. The van der Waals surface area contributed by atoms with Gasteiger partial charge in [0.25, 0.3) is 0 Å². The molecule has 0 bridgehead atoms. The molecule has 0 saturated carbocycles. The van der Waals surface area contributed by atoms with Gasteiger partial charge in [0.1, 0.15) is 0 Å². The molecule has 0 nitrogen and oxygen atoms in total. The molecule has 0 aromatic carbocycles. The van der Waals surface area contributed by atoms with Crippen molar-refractivity contribution in [2.45, 2.75) is 60.3 Å². The summed E-state index contributed by atoms with van der Waals surface area (Å²) in [6, 6.07) is 0. The Kier molecular flexibility index (Phi) is 114. The average Bonchev–Trinajstić information content (AvgIpc) is 2.22. The minimum absolute atomic E-state index is 1.36. The molecule has 0 N–H and O–H groups in total. The van der Waals surface area contributed by atoms with Crippen LogP contribution in [0.25, 0.3) is 0 Å². The van der Waals surface area contributed by atoms with Crippen molar-refractivity contribution in [2.75, 3.05) is 0 Å². The lowest BCUT2D eigenvalue weighted by Crippen LogP contribution is -1.66. The Labute approximate surface area is 86.4 Å². The van der Waals surface area contributed by atoms with E-state index >= 15 is 0 Å². The molecule has 0 fully saturated rings. The fourth-order valence-electron chi connectivity index (χ4n) is 0.500. The molecule has 0 heterocycles. The zero-order chi connectivity index (χ0) is 11.5. The second-order valence-corrected chi connectivity index (χ2v) is 2.12. The highest BCUT2D eigenvalue weighted by Crippen LogP contribution is 1.95. The quantitative estimate of drug-likeness (QED) is 0.327. The number of rotatable bonds is 3. The standard InChI is InChI=1S/C6H14.C3H6.C2H6.C2H2/c1-3-5-6-4-2;1-3-2;2*1-2/h3-6H2,1-2H3;3H,1H2,2H3;1-2H3;1-2H. The summed E-state index contributed by atoms with van der Waals surface area (Å²) in [5, 5.41) is 0. The molecule has 0 saturated heterocycles. The zero-order valence-corrected chi connectivity index (χ0v) is 10.3. The van der Waals surface area contributed by atoms with E-state index < -0.39 is 0 Å². The van der Waals surface area contributed by atoms with Gasteiger partial charge < -0.3 is 0 Å². The maximum absolute atomic E-state index is 4.00. The molecule has 0 radical (unpaired) electrons. The van der Waals surface area contributed by atoms with Gasteiger partial charge in [0, 0.05) is 0 Å². The SMILES string of the molecule is C#C.C=CC.CC.CCCCCC. The van der Waals surface area contributed by atoms with E-state index in [0.29, 0.717) is 0 Å². The highest BCUT2D eigenvalue weighted by atomic mass is 13.8. The molecule has 0 amide bonds. The maximum Gasteiger partial charge on any atom is -0.0473 e. The summed E-state index contributed by atoms with van der Waals surface area (Å²) in [6.45, 7) is 13.7. The molecule has 0 aromatic heterocycles. The van der Waals surface area contributed by atoms with Crippen molar-refractivity contribution in [1.82, 2.24) is 0 Å². The molecular formula is C13H28. The Morgan fingerprint density at radius 2 is 1.15 bits per heavy atom. The van der Waals surface area contributed by atoms with Crippen molar-refractivity contribution in [3.8, 4) is 12.8 Å². The molecule has 80 valence electrons. The van der Waals surface area contributed by atoms with E-state index in [1.54, 1.807) is 6.08 Å². The van der Waals surface area contributed by atoms with Crippen LogP contribution in [0.3, 0.4) is 0 Å². The van der Waals surface area contributed by atoms with Gasteiger partial charge >= 0.3 is 0 Å². The van der Waals surface area contributed by atoms with E-state index in [2.05, 4.69) is 33.3 Å². The molecule has 0 aromatic rings. The Balaban J connectivity index is -0.0000000493. The Hall–Kier alpha value is -0.700. The summed E-state index contributed by atoms with van der Waals surface area (Å²) in [5.41, 5.74) is 0. The van der Waals surface area contributed by atoms with Crippen molar-refractivity contribution in [2.24, 2.45) is 0 Å². The minimum Gasteiger partial charge on any atom is -0.124 e. The molecular weight excluding hydrogens is 156 g/mol. The average molecular weight is 184 g/mol. The predicted molar refractivity (Wildman–Crippen MR) is 66.9 cm³/mol. The van der Waals surface area contributed by atoms with E-state index in [4.69, 9.17) is 0 Å². The van der Waals surface area contributed by atoms with Crippen LogP contribution in [0.5, 0.6) is 0 Å². The molecule has 0 heteroatoms. The second-order valence-electron chi connectivity index (χ2n) is 2.12. The van der Waals surface area contributed by atoms with Gasteiger partial charge in [0.2, 0.25) is 0 Å². The highest BCUT2D eigenvalue weighted by molar-refractivity contribution is 4.51. The minimum atomic E-state index is 1.36. The van der Waals surface area contributed by atoms with Crippen LogP contribution in [-0.2, 0) is 0 Å². The number of unbranched alkanes of at least 4 members (excludes halogenated alkanes) is 3. The predicted octanol–water partition coefficient (Wildman–Crippen LogP) is 5.05. The largest absolute Gasteiger partial charge is 0.124 e. The van der Waals surface area contributed by atoms with Crippen LogP contribution < -0.4 is 0 Å². The fraction of sp³-hybridized carbons (Fsp3) is 0.692. The number of hydrogen-bond donors (Lipinski definition) is 0. The third-order valence-electron chi connectivity index (χ3n) is 0.957. The van der Waals surface area contributed by atoms with Crippen LogP contribution in [0.1, 0.15) is 60.3 Å². The second kappa shape index (κ2) is 64.8. The van der Waals surface area contributed by atoms with Gasteiger partial charge in [-0.15, -0.1) is 19.4 Å². The van der Waals surface area contributed by atoms with Crippen LogP contribution >= 0.6 is 0 Å². The molecule has 0 unspecified atom stereocenters. The van der Waals surface area contributed by atoms with Gasteiger partial charge in [-0.25, -0.2) is 0 Å². The van der Waals surface area contributed by atoms with Gasteiger partial charge in [-0.3, -0.25) is 0 Å². The first-order valence-electron chi connectivity index (χ1n) is 5.23. The maximum atomic E-state index is 4.00. The summed E-state index contributed by atoms with van der Waals surface area (Å²) < 4.78 is 0. The third-order valence-corrected chi connectivity index (χ3v) is 0.957. The van der Waals surface area contributed by atoms with Crippen LogP contribution in [-0.4, -0.2) is 0 Å². The van der Waals surface area contributed by atoms with E-state index in [1.807, 2.05) is 20.8 Å². The van der Waals surface area contributed by atoms with Gasteiger partial charge in [0.15, 0.2) is 0 Å². The Bertz CT molecular complexity index is 55.7. The molecule has 0 aliphatic heterocycles. The summed E-state index contributed by atoms with van der Waals surface area (Å²) >= 11 is 0. The van der Waals surface area contributed by atoms with Crippen LogP contribution in [0, 0.1) is 12.8 Å². The van der Waals surface area contributed by atoms with Gasteiger partial charge in [-0.05, 0) is 6.92 Å². The Morgan fingerprint density at radius 1 is 1.00 bits per heavy atom. The number of allylic oxidation sites excluding steroid dienone is 1. The van der Waals surface area contributed by atoms with E-state index in [0.717, 1.165) is 0 Å². The van der Waals surface area contributed by atoms with Gasteiger partial charge in [-0.2, -0.15) is 0 Å². The van der Waals surface area contributed by atoms with E-state index in [1.165, 1.54) is 25.7 Å². The first kappa shape index (κ1) is 22.8. The summed E-state index contributed by atoms with van der Waals surface area (Å²) in [7, 11) is 0. The normalized spacial score (nSPS) is 5.77. The summed E-state index contributed by atoms with van der Waals surface area (Å²) in [5.74, 6) is 0. The fourth-order valence-corrected chi connectivity index (χ4v) is 0.500. The molecule has 0 rings (SSSR count). The summed E-state index contributed by atoms with van der Waals surface area (Å²) in [4.78, 5) is 0. The van der Waals surface area contributed by atoms with Crippen molar-refractivity contribution in [3.63, 3.8) is 0 Å². The number of hydrogen-bond acceptors (Lipinski definition) is 0. The van der Waals surface area contributed by atoms with Gasteiger partial charge in [0.05, 0.1) is 0 Å². The van der Waals surface area contributed by atoms with E-state index in [-0.39, 0.29) is 0 Å². The molecule has 0 atom stereocenters. The van der Waals surface area contributed by atoms with Crippen LogP contribution in [0.4, 0.5) is 0 Å². The van der Waals surface area contributed by atoms with E-state index in [9.17, 15) is 0 Å². The summed E-state index contributed by atoms with van der Waals surface area (Å²) in [6.07, 6.45) is 15.3. The highest BCUT2D eigenvalue weighted by Gasteiger charge is 1.75. The van der Waals surface area contributed by atoms with Crippen LogP contribution in [0.2, 0.25) is 0 Å². The molecule has 13 heavy (non-hydrogen) atoms. The first-order chi connectivity index (χ1) is 6.33. The number of terminal acetylenes is 1. The molecule has 0 aliphatic rings. The topological polar surface area (TPSA) is 0 Å². The first-order valence-corrected chi connectivity index (χ1v) is 5.23. The Morgan fingerprint density at radius 3 is 1.23 bits per heavy atom. The van der Waals surface area contributed by atoms with Crippen LogP contribution in [0.15, 0.2) is 12.7 Å². The van der Waals surface area contributed by atoms with Crippen molar-refractivity contribution >= 4 is 0 Å².